The summed E-state index contributed by atoms with van der Waals surface area (Å²) in [4.78, 5) is 26.9. The molecule has 0 radical (unpaired) electrons. The standard InChI is InChI=1S/C19H15N3O4.C5H8N2.C2H6O/c1-12-14(10-23)9-21-19(12)17(5-6-20)25-16-4-2-3-13(7-16)18-8-15(11-24)22-26-18;1-7-3-5(2-6)4-7;1-3-2/h2-11,20-21H,1H3;5H,3-4H2,1H3;1-2H3/b17-5+,20-6?;;. The van der Waals surface area contributed by atoms with Crippen LogP contribution in [0.25, 0.3) is 17.1 Å². The SMILES string of the molecule is CN1CC(C#N)C1.COC.Cc1c(C=O)c[nH]c1/C(=C\C=N)Oc1cccc(-c2cc(C=O)no2)c1. The average molecular weight is 492 g/mol. The number of nitriles is 1. The van der Waals surface area contributed by atoms with Gasteiger partial charge in [0.1, 0.15) is 11.4 Å². The zero-order valence-electron chi connectivity index (χ0n) is 20.6. The predicted octanol–water partition coefficient (Wildman–Crippen LogP) is 4.01. The van der Waals surface area contributed by atoms with Gasteiger partial charge in [0.2, 0.25) is 0 Å². The molecule has 0 aliphatic carbocycles. The number of likely N-dealkylation sites (tertiary alicyclic amines) is 1. The molecule has 4 rings (SSSR count). The number of hydrogen-bond donors (Lipinski definition) is 2. The van der Waals surface area contributed by atoms with E-state index in [2.05, 4.69) is 25.8 Å². The zero-order chi connectivity index (χ0) is 26.5. The Balaban J connectivity index is 0.000000383. The van der Waals surface area contributed by atoms with Gasteiger partial charge in [-0.2, -0.15) is 5.26 Å². The molecule has 0 bridgehead atoms. The summed E-state index contributed by atoms with van der Waals surface area (Å²) < 4.78 is 15.3. The summed E-state index contributed by atoms with van der Waals surface area (Å²) >= 11 is 0. The molecule has 1 aromatic carbocycles. The molecule has 3 aromatic rings. The largest absolute Gasteiger partial charge is 0.455 e. The molecule has 0 atom stereocenters. The highest BCUT2D eigenvalue weighted by Crippen LogP contribution is 2.28. The maximum atomic E-state index is 11.0. The molecule has 2 N–H and O–H groups in total. The van der Waals surface area contributed by atoms with E-state index < -0.39 is 0 Å². The molecule has 0 amide bonds. The van der Waals surface area contributed by atoms with Crippen LogP contribution in [0.1, 0.15) is 32.1 Å². The first-order chi connectivity index (χ1) is 17.4. The van der Waals surface area contributed by atoms with Gasteiger partial charge in [-0.25, -0.2) is 0 Å². The molecule has 0 spiro atoms. The van der Waals surface area contributed by atoms with E-state index in [4.69, 9.17) is 19.9 Å². The predicted molar refractivity (Wildman–Crippen MR) is 135 cm³/mol. The molecular formula is C26H29N5O5. The fourth-order valence-corrected chi connectivity index (χ4v) is 3.23. The summed E-state index contributed by atoms with van der Waals surface area (Å²) in [5.41, 5.74) is 2.77. The molecule has 0 unspecified atom stereocenters. The van der Waals surface area contributed by atoms with Crippen molar-refractivity contribution in [1.82, 2.24) is 15.0 Å². The normalized spacial score (nSPS) is 13.1. The molecule has 1 saturated heterocycles. The fourth-order valence-electron chi connectivity index (χ4n) is 3.23. The second-order valence-electron chi connectivity index (χ2n) is 7.88. The molecule has 3 heterocycles. The average Bonchev–Trinajstić information content (AvgIpc) is 3.49. The van der Waals surface area contributed by atoms with Crippen LogP contribution < -0.4 is 4.74 Å². The number of carbonyl (C=O) groups excluding carboxylic acids is 2. The minimum absolute atomic E-state index is 0.208. The van der Waals surface area contributed by atoms with E-state index in [1.54, 1.807) is 51.6 Å². The molecule has 2 aromatic heterocycles. The van der Waals surface area contributed by atoms with Crippen molar-refractivity contribution in [2.75, 3.05) is 34.4 Å². The summed E-state index contributed by atoms with van der Waals surface area (Å²) in [6, 6.07) is 10.8. The molecule has 1 fully saturated rings. The van der Waals surface area contributed by atoms with Gasteiger partial charge in [0, 0.05) is 63.0 Å². The van der Waals surface area contributed by atoms with Crippen LogP contribution >= 0.6 is 0 Å². The Labute approximate surface area is 209 Å². The Morgan fingerprint density at radius 2 is 2.00 bits per heavy atom. The molecular weight excluding hydrogens is 462 g/mol. The summed E-state index contributed by atoms with van der Waals surface area (Å²) in [6.45, 7) is 3.73. The van der Waals surface area contributed by atoms with E-state index in [-0.39, 0.29) is 5.69 Å². The first-order valence-corrected chi connectivity index (χ1v) is 10.9. The second kappa shape index (κ2) is 14.2. The fraction of sp³-hybridized carbons (Fsp3) is 0.269. The van der Waals surface area contributed by atoms with Crippen LogP contribution in [0.4, 0.5) is 0 Å². The van der Waals surface area contributed by atoms with Crippen LogP contribution in [-0.2, 0) is 4.74 Å². The minimum atomic E-state index is 0.208. The molecule has 10 nitrogen and oxygen atoms in total. The Morgan fingerprint density at radius 1 is 1.28 bits per heavy atom. The van der Waals surface area contributed by atoms with Gasteiger partial charge in [0.15, 0.2) is 24.1 Å². The van der Waals surface area contributed by atoms with Crippen molar-refractivity contribution in [3.8, 4) is 23.1 Å². The number of nitrogens with one attached hydrogen (secondary N) is 2. The number of aromatic amines is 1. The van der Waals surface area contributed by atoms with E-state index in [9.17, 15) is 9.59 Å². The van der Waals surface area contributed by atoms with E-state index in [1.807, 2.05) is 7.05 Å². The van der Waals surface area contributed by atoms with Gasteiger partial charge in [-0.05, 0) is 31.7 Å². The van der Waals surface area contributed by atoms with Crippen LogP contribution in [0, 0.1) is 29.6 Å². The number of methoxy groups -OCH3 is 1. The number of carbonyl (C=O) groups is 2. The van der Waals surface area contributed by atoms with Crippen molar-refractivity contribution in [2.45, 2.75) is 6.92 Å². The number of H-pyrrole nitrogens is 1. The number of aldehydes is 2. The van der Waals surface area contributed by atoms with Crippen LogP contribution in [0.5, 0.6) is 5.75 Å². The molecule has 1 aliphatic rings. The topological polar surface area (TPSA) is 145 Å². The van der Waals surface area contributed by atoms with Gasteiger partial charge in [-0.15, -0.1) is 0 Å². The highest BCUT2D eigenvalue weighted by atomic mass is 16.5. The van der Waals surface area contributed by atoms with Gasteiger partial charge in [0.05, 0.1) is 17.7 Å². The highest BCUT2D eigenvalue weighted by molar-refractivity contribution is 5.85. The van der Waals surface area contributed by atoms with Crippen LogP contribution in [0.3, 0.4) is 0 Å². The minimum Gasteiger partial charge on any atom is -0.455 e. The van der Waals surface area contributed by atoms with Crippen molar-refractivity contribution in [3.05, 3.63) is 65.1 Å². The smallest absolute Gasteiger partial charge is 0.171 e. The lowest BCUT2D eigenvalue weighted by Gasteiger charge is -2.30. The van der Waals surface area contributed by atoms with E-state index in [0.29, 0.717) is 46.3 Å². The second-order valence-corrected chi connectivity index (χ2v) is 7.88. The Hall–Kier alpha value is -4.33. The molecule has 36 heavy (non-hydrogen) atoms. The Morgan fingerprint density at radius 3 is 2.50 bits per heavy atom. The molecule has 188 valence electrons. The van der Waals surface area contributed by atoms with Crippen molar-refractivity contribution in [3.63, 3.8) is 0 Å². The first-order valence-electron chi connectivity index (χ1n) is 10.9. The Kier molecular flexibility index (Phi) is 11.0. The molecule has 1 aliphatic heterocycles. The Bertz CT molecular complexity index is 1230. The summed E-state index contributed by atoms with van der Waals surface area (Å²) in [7, 11) is 5.27. The number of aromatic nitrogens is 2. The third kappa shape index (κ3) is 7.59. The van der Waals surface area contributed by atoms with Gasteiger partial charge in [0.25, 0.3) is 0 Å². The number of nitrogens with zero attached hydrogens (tertiary/aromatic N) is 3. The van der Waals surface area contributed by atoms with Crippen molar-refractivity contribution < 1.29 is 23.6 Å². The van der Waals surface area contributed by atoms with E-state index in [0.717, 1.165) is 31.2 Å². The number of rotatable bonds is 7. The lowest BCUT2D eigenvalue weighted by molar-refractivity contribution is 0.111. The van der Waals surface area contributed by atoms with Crippen molar-refractivity contribution in [1.29, 1.82) is 10.7 Å². The monoisotopic (exact) mass is 491 g/mol. The maximum absolute atomic E-state index is 11.0. The maximum Gasteiger partial charge on any atom is 0.171 e. The number of allylic oxidation sites excluding steroid dienone is 1. The summed E-state index contributed by atoms with van der Waals surface area (Å²) in [5, 5.41) is 19.2. The molecule has 0 saturated carbocycles. The third-order valence-electron chi connectivity index (χ3n) is 5.03. The third-order valence-corrected chi connectivity index (χ3v) is 5.03. The van der Waals surface area contributed by atoms with Crippen molar-refractivity contribution in [2.24, 2.45) is 5.92 Å². The molecule has 10 heteroatoms. The lowest BCUT2D eigenvalue weighted by atomic mass is 10.0. The van der Waals surface area contributed by atoms with E-state index >= 15 is 0 Å². The van der Waals surface area contributed by atoms with E-state index in [1.165, 1.54) is 12.1 Å². The van der Waals surface area contributed by atoms with Gasteiger partial charge in [-0.1, -0.05) is 17.3 Å². The quantitative estimate of drug-likeness (QED) is 0.286. The van der Waals surface area contributed by atoms with Gasteiger partial charge >= 0.3 is 0 Å². The number of ether oxygens (including phenoxy) is 2. The van der Waals surface area contributed by atoms with Crippen molar-refractivity contribution >= 4 is 24.5 Å². The number of hydrogen-bond acceptors (Lipinski definition) is 9. The van der Waals surface area contributed by atoms with Crippen LogP contribution in [0.2, 0.25) is 0 Å². The van der Waals surface area contributed by atoms with Gasteiger partial charge in [-0.3, -0.25) is 9.59 Å². The number of benzene rings is 1. The summed E-state index contributed by atoms with van der Waals surface area (Å²) in [5.74, 6) is 1.66. The lowest BCUT2D eigenvalue weighted by Crippen LogP contribution is -2.42. The highest BCUT2D eigenvalue weighted by Gasteiger charge is 2.21. The van der Waals surface area contributed by atoms with Crippen LogP contribution in [0.15, 0.2) is 47.1 Å². The van der Waals surface area contributed by atoms with Crippen LogP contribution in [-0.4, -0.2) is 68.2 Å². The summed E-state index contributed by atoms with van der Waals surface area (Å²) in [6.07, 6.45) is 5.54. The zero-order valence-corrected chi connectivity index (χ0v) is 20.6. The first kappa shape index (κ1) is 27.9. The van der Waals surface area contributed by atoms with Gasteiger partial charge < -0.3 is 29.3 Å².